The molecule has 0 radical (unpaired) electrons. The average Bonchev–Trinajstić information content (AvgIpc) is 2.44. The smallest absolute Gasteiger partial charge is 0.0314 e. The first-order valence-electron chi connectivity index (χ1n) is 5.44. The van der Waals surface area contributed by atoms with Gasteiger partial charge in [-0.25, -0.2) is 0 Å². The quantitative estimate of drug-likeness (QED) is 0.657. The van der Waals surface area contributed by atoms with Crippen molar-refractivity contribution in [2.24, 2.45) is 11.1 Å². The molecule has 16 heavy (non-hydrogen) atoms. The third-order valence-corrected chi connectivity index (χ3v) is 2.43. The average molecular weight is 217 g/mol. The van der Waals surface area contributed by atoms with Crippen molar-refractivity contribution >= 4 is 0 Å². The summed E-state index contributed by atoms with van der Waals surface area (Å²) >= 11 is 0. The molecule has 0 aromatic rings. The number of allylic oxidation sites excluding steroid dienone is 5. The second-order valence-electron chi connectivity index (χ2n) is 4.70. The van der Waals surface area contributed by atoms with Crippen LogP contribution in [0, 0.1) is 5.41 Å². The first kappa shape index (κ1) is 14.5. The van der Waals surface area contributed by atoms with Crippen molar-refractivity contribution in [1.29, 1.82) is 0 Å². The van der Waals surface area contributed by atoms with E-state index in [1.54, 1.807) is 0 Å². The van der Waals surface area contributed by atoms with Crippen molar-refractivity contribution in [3.8, 4) is 0 Å². The molecule has 1 nitrogen and oxygen atoms in total. The van der Waals surface area contributed by atoms with Crippen LogP contribution in [0.15, 0.2) is 60.9 Å². The molecular weight excluding hydrogens is 194 g/mol. The van der Waals surface area contributed by atoms with Crippen LogP contribution in [0.3, 0.4) is 0 Å². The van der Waals surface area contributed by atoms with Crippen LogP contribution in [0.25, 0.3) is 0 Å². The molecule has 1 aliphatic carbocycles. The Hall–Kier alpha value is -1.50. The highest BCUT2D eigenvalue weighted by Crippen LogP contribution is 2.30. The van der Waals surface area contributed by atoms with Gasteiger partial charge in [-0.05, 0) is 17.4 Å². The lowest BCUT2D eigenvalue weighted by Gasteiger charge is -2.21. The molecule has 0 atom stereocenters. The fourth-order valence-electron chi connectivity index (χ4n) is 1.40. The van der Waals surface area contributed by atoms with Gasteiger partial charge in [0.05, 0.1) is 0 Å². The third-order valence-electron chi connectivity index (χ3n) is 2.43. The number of nitrogens with two attached hydrogens (primary N) is 1. The van der Waals surface area contributed by atoms with Gasteiger partial charge >= 0.3 is 0 Å². The zero-order chi connectivity index (χ0) is 12.8. The molecule has 0 aromatic carbocycles. The van der Waals surface area contributed by atoms with E-state index >= 15 is 0 Å². The van der Waals surface area contributed by atoms with Crippen molar-refractivity contribution in [3.05, 3.63) is 60.9 Å². The van der Waals surface area contributed by atoms with Crippen LogP contribution in [-0.4, -0.2) is 0 Å². The maximum absolute atomic E-state index is 5.65. The molecule has 0 bridgehead atoms. The topological polar surface area (TPSA) is 26.0 Å². The van der Waals surface area contributed by atoms with Crippen molar-refractivity contribution < 1.29 is 0 Å². The van der Waals surface area contributed by atoms with E-state index in [9.17, 15) is 0 Å². The monoisotopic (exact) mass is 217 g/mol. The zero-order valence-corrected chi connectivity index (χ0v) is 10.7. The molecule has 0 aromatic heterocycles. The summed E-state index contributed by atoms with van der Waals surface area (Å²) in [6.45, 7) is 16.4. The van der Waals surface area contributed by atoms with Crippen LogP contribution in [0.4, 0.5) is 0 Å². The molecule has 0 heterocycles. The molecule has 2 N–H and O–H groups in total. The van der Waals surface area contributed by atoms with Crippen LogP contribution < -0.4 is 5.73 Å². The maximum atomic E-state index is 5.65. The van der Waals surface area contributed by atoms with E-state index in [-0.39, 0.29) is 5.41 Å². The van der Waals surface area contributed by atoms with Gasteiger partial charge in [-0.15, -0.1) is 13.2 Å². The summed E-state index contributed by atoms with van der Waals surface area (Å²) in [5.41, 5.74) is 8.95. The molecule has 0 spiro atoms. The molecule has 0 amide bonds. The fourth-order valence-corrected chi connectivity index (χ4v) is 1.40. The minimum atomic E-state index is 0.228. The van der Waals surface area contributed by atoms with E-state index in [2.05, 4.69) is 52.7 Å². The molecule has 0 saturated carbocycles. The second-order valence-corrected chi connectivity index (χ2v) is 4.70. The Morgan fingerprint density at radius 1 is 1.25 bits per heavy atom. The van der Waals surface area contributed by atoms with Gasteiger partial charge in [-0.1, -0.05) is 57.2 Å². The number of rotatable bonds is 1. The van der Waals surface area contributed by atoms with Gasteiger partial charge < -0.3 is 5.73 Å². The van der Waals surface area contributed by atoms with Crippen LogP contribution in [-0.2, 0) is 0 Å². The summed E-state index contributed by atoms with van der Waals surface area (Å²) in [5, 5.41) is 0. The lowest BCUT2D eigenvalue weighted by atomic mass is 9.84. The van der Waals surface area contributed by atoms with Gasteiger partial charge in [-0.2, -0.15) is 0 Å². The summed E-state index contributed by atoms with van der Waals surface area (Å²) in [4.78, 5) is 0. The number of hydrogen-bond acceptors (Lipinski definition) is 1. The van der Waals surface area contributed by atoms with E-state index in [1.807, 2.05) is 12.2 Å². The van der Waals surface area contributed by atoms with E-state index in [1.165, 1.54) is 5.57 Å². The Labute approximate surface area is 99.7 Å². The van der Waals surface area contributed by atoms with Crippen LogP contribution in [0.5, 0.6) is 0 Å². The third kappa shape index (κ3) is 4.35. The van der Waals surface area contributed by atoms with E-state index < -0.39 is 0 Å². The van der Waals surface area contributed by atoms with Crippen molar-refractivity contribution in [1.82, 2.24) is 0 Å². The molecule has 0 aliphatic heterocycles. The summed E-state index contributed by atoms with van der Waals surface area (Å²) in [6.07, 6.45) is 9.39. The standard InChI is InChI=1S/C13H19N.C2H4/c1-10(14)11-6-5-7-12(9-8-11)13(2,3)4;1-2/h5-6,8-9H,1,7,14H2,2-4H3;1-2H2. The Bertz CT molecular complexity index is 335. The van der Waals surface area contributed by atoms with Crippen molar-refractivity contribution in [3.63, 3.8) is 0 Å². The minimum absolute atomic E-state index is 0.228. The van der Waals surface area contributed by atoms with E-state index in [0.717, 1.165) is 12.0 Å². The van der Waals surface area contributed by atoms with Gasteiger partial charge in [0, 0.05) is 5.70 Å². The van der Waals surface area contributed by atoms with Crippen molar-refractivity contribution in [2.45, 2.75) is 27.2 Å². The summed E-state index contributed by atoms with van der Waals surface area (Å²) in [6, 6.07) is 0. The van der Waals surface area contributed by atoms with Crippen LogP contribution in [0.1, 0.15) is 27.2 Å². The van der Waals surface area contributed by atoms with Gasteiger partial charge in [0.25, 0.3) is 0 Å². The van der Waals surface area contributed by atoms with Gasteiger partial charge in [0.15, 0.2) is 0 Å². The van der Waals surface area contributed by atoms with Crippen molar-refractivity contribution in [2.75, 3.05) is 0 Å². The molecule has 88 valence electrons. The highest BCUT2D eigenvalue weighted by Gasteiger charge is 2.15. The summed E-state index contributed by atoms with van der Waals surface area (Å²) in [5.74, 6) is 0. The molecular formula is C15H23N. The molecule has 1 aliphatic rings. The SMILES string of the molecule is C=C.C=C(N)C1=CC=C(C(C)(C)C)CC=C1. The molecule has 1 rings (SSSR count). The Kier molecular flexibility index (Phi) is 5.59. The Balaban J connectivity index is 0.00000106. The minimum Gasteiger partial charge on any atom is -0.399 e. The highest BCUT2D eigenvalue weighted by molar-refractivity contribution is 5.42. The predicted molar refractivity (Wildman–Crippen MR) is 74.0 cm³/mol. The highest BCUT2D eigenvalue weighted by atomic mass is 14.6. The second kappa shape index (κ2) is 6.16. The Morgan fingerprint density at radius 3 is 2.25 bits per heavy atom. The Morgan fingerprint density at radius 2 is 1.81 bits per heavy atom. The molecule has 0 fully saturated rings. The zero-order valence-electron chi connectivity index (χ0n) is 10.7. The number of hydrogen-bond donors (Lipinski definition) is 1. The van der Waals surface area contributed by atoms with E-state index in [0.29, 0.717) is 5.70 Å². The fraction of sp³-hybridized carbons (Fsp3) is 0.333. The first-order chi connectivity index (χ1) is 7.41. The van der Waals surface area contributed by atoms with Crippen LogP contribution in [0.2, 0.25) is 0 Å². The normalized spacial score (nSPS) is 15.2. The molecule has 1 heteroatoms. The largest absolute Gasteiger partial charge is 0.399 e. The lowest BCUT2D eigenvalue weighted by molar-refractivity contribution is 0.494. The molecule has 0 saturated heterocycles. The van der Waals surface area contributed by atoms with E-state index in [4.69, 9.17) is 5.73 Å². The van der Waals surface area contributed by atoms with Gasteiger partial charge in [0.2, 0.25) is 0 Å². The van der Waals surface area contributed by atoms with Gasteiger partial charge in [-0.3, -0.25) is 0 Å². The lowest BCUT2D eigenvalue weighted by Crippen LogP contribution is -2.08. The first-order valence-corrected chi connectivity index (χ1v) is 5.44. The molecule has 0 unspecified atom stereocenters. The van der Waals surface area contributed by atoms with Crippen LogP contribution >= 0.6 is 0 Å². The summed E-state index contributed by atoms with van der Waals surface area (Å²) < 4.78 is 0. The summed E-state index contributed by atoms with van der Waals surface area (Å²) in [7, 11) is 0. The predicted octanol–water partition coefficient (Wildman–Crippen LogP) is 4.12. The van der Waals surface area contributed by atoms with Gasteiger partial charge in [0.1, 0.15) is 0 Å². The maximum Gasteiger partial charge on any atom is 0.0314 e.